The van der Waals surface area contributed by atoms with Gasteiger partial charge in [0.2, 0.25) is 11.8 Å². The molecular weight excluding hydrogens is 271 g/mol. The molecule has 0 heterocycles. The summed E-state index contributed by atoms with van der Waals surface area (Å²) in [5.74, 6) is -3.42. The third-order valence-corrected chi connectivity index (χ3v) is 3.14. The smallest absolute Gasteiger partial charge is 0.352 e. The van der Waals surface area contributed by atoms with E-state index in [4.69, 9.17) is 5.73 Å². The summed E-state index contributed by atoms with van der Waals surface area (Å²) in [5.41, 5.74) is 5.33. The van der Waals surface area contributed by atoms with Crippen LogP contribution in [0.4, 0.5) is 22.0 Å². The summed E-state index contributed by atoms with van der Waals surface area (Å²) in [5, 5.41) is 2.43. The van der Waals surface area contributed by atoms with Crippen LogP contribution in [0.3, 0.4) is 0 Å². The first kappa shape index (κ1) is 16.1. The highest BCUT2D eigenvalue weighted by Gasteiger charge is 2.36. The largest absolute Gasteiger partial charge is 0.389 e. The molecule has 1 saturated carbocycles. The van der Waals surface area contributed by atoms with E-state index in [1.807, 2.05) is 0 Å². The molecular formula is C11H17F5N2O. The fourth-order valence-corrected chi connectivity index (χ4v) is 1.94. The van der Waals surface area contributed by atoms with Crippen LogP contribution in [-0.4, -0.2) is 30.1 Å². The van der Waals surface area contributed by atoms with Crippen molar-refractivity contribution in [3.63, 3.8) is 0 Å². The van der Waals surface area contributed by atoms with Crippen molar-refractivity contribution < 1.29 is 26.7 Å². The molecule has 1 rings (SSSR count). The standard InChI is InChI=1S/C11H17F5N2O/c12-10(13)4-1-7(2-5-10)18-9(19)8(17)3-6-11(14,15)16/h7-8H,1-6,17H2,(H,18,19). The molecule has 0 bridgehead atoms. The van der Waals surface area contributed by atoms with Gasteiger partial charge in [-0.2, -0.15) is 13.2 Å². The van der Waals surface area contributed by atoms with Crippen molar-refractivity contribution in [3.8, 4) is 0 Å². The van der Waals surface area contributed by atoms with Crippen molar-refractivity contribution in [3.05, 3.63) is 0 Å². The number of nitrogens with two attached hydrogens (primary N) is 1. The van der Waals surface area contributed by atoms with Crippen LogP contribution in [0.2, 0.25) is 0 Å². The zero-order valence-corrected chi connectivity index (χ0v) is 10.3. The van der Waals surface area contributed by atoms with Gasteiger partial charge in [-0.15, -0.1) is 0 Å². The number of hydrogen-bond acceptors (Lipinski definition) is 2. The zero-order chi connectivity index (χ0) is 14.7. The lowest BCUT2D eigenvalue weighted by Crippen LogP contribution is -2.47. The summed E-state index contributed by atoms with van der Waals surface area (Å²) in [6.45, 7) is 0. The van der Waals surface area contributed by atoms with Gasteiger partial charge >= 0.3 is 6.18 Å². The fourth-order valence-electron chi connectivity index (χ4n) is 1.94. The van der Waals surface area contributed by atoms with Gasteiger partial charge in [-0.1, -0.05) is 0 Å². The molecule has 1 fully saturated rings. The molecule has 0 saturated heterocycles. The number of carbonyl (C=O) groups is 1. The number of hydrogen-bond donors (Lipinski definition) is 2. The van der Waals surface area contributed by atoms with Crippen molar-refractivity contribution in [2.75, 3.05) is 0 Å². The molecule has 19 heavy (non-hydrogen) atoms. The summed E-state index contributed by atoms with van der Waals surface area (Å²) >= 11 is 0. The molecule has 8 heteroatoms. The van der Waals surface area contributed by atoms with Crippen molar-refractivity contribution in [1.29, 1.82) is 0 Å². The van der Waals surface area contributed by atoms with E-state index in [1.165, 1.54) is 0 Å². The SMILES string of the molecule is NC(CCC(F)(F)F)C(=O)NC1CCC(F)(F)CC1. The molecule has 0 aromatic heterocycles. The first-order valence-corrected chi connectivity index (χ1v) is 6.10. The third kappa shape index (κ3) is 6.17. The van der Waals surface area contributed by atoms with Crippen molar-refractivity contribution in [1.82, 2.24) is 5.32 Å². The van der Waals surface area contributed by atoms with E-state index in [0.717, 1.165) is 0 Å². The number of amides is 1. The summed E-state index contributed by atoms with van der Waals surface area (Å²) in [6, 6.07) is -1.69. The number of rotatable bonds is 4. The van der Waals surface area contributed by atoms with E-state index in [-0.39, 0.29) is 25.7 Å². The summed E-state index contributed by atoms with van der Waals surface area (Å²) < 4.78 is 61.6. The molecule has 3 nitrogen and oxygen atoms in total. The maximum atomic E-state index is 12.9. The Hall–Kier alpha value is -0.920. The molecule has 0 aliphatic heterocycles. The lowest BCUT2D eigenvalue weighted by Gasteiger charge is -2.29. The Morgan fingerprint density at radius 2 is 1.84 bits per heavy atom. The molecule has 1 amide bonds. The quantitative estimate of drug-likeness (QED) is 0.780. The maximum absolute atomic E-state index is 12.9. The van der Waals surface area contributed by atoms with Crippen LogP contribution in [0.5, 0.6) is 0 Å². The molecule has 0 aromatic carbocycles. The van der Waals surface area contributed by atoms with Crippen molar-refractivity contribution >= 4 is 5.91 Å². The fraction of sp³-hybridized carbons (Fsp3) is 0.909. The highest BCUT2D eigenvalue weighted by Crippen LogP contribution is 2.33. The summed E-state index contributed by atoms with van der Waals surface area (Å²) in [6.07, 6.45) is -6.41. The van der Waals surface area contributed by atoms with E-state index in [0.29, 0.717) is 0 Å². The molecule has 3 N–H and O–H groups in total. The number of alkyl halides is 5. The molecule has 1 unspecified atom stereocenters. The van der Waals surface area contributed by atoms with Gasteiger partial charge < -0.3 is 11.1 Å². The first-order chi connectivity index (χ1) is 8.59. The Morgan fingerprint density at radius 3 is 2.32 bits per heavy atom. The Kier molecular flexibility index (Phi) is 5.11. The van der Waals surface area contributed by atoms with E-state index in [2.05, 4.69) is 5.32 Å². The first-order valence-electron chi connectivity index (χ1n) is 6.10. The van der Waals surface area contributed by atoms with E-state index in [9.17, 15) is 26.7 Å². The number of nitrogens with one attached hydrogen (secondary N) is 1. The van der Waals surface area contributed by atoms with Crippen LogP contribution >= 0.6 is 0 Å². The number of halogens is 5. The predicted molar refractivity (Wildman–Crippen MR) is 58.6 cm³/mol. The second kappa shape index (κ2) is 6.02. The Morgan fingerprint density at radius 1 is 1.32 bits per heavy atom. The molecule has 0 aromatic rings. The highest BCUT2D eigenvalue weighted by atomic mass is 19.4. The maximum Gasteiger partial charge on any atom is 0.389 e. The van der Waals surface area contributed by atoms with Gasteiger partial charge in [-0.25, -0.2) is 8.78 Å². The van der Waals surface area contributed by atoms with Gasteiger partial charge in [0, 0.05) is 25.3 Å². The van der Waals surface area contributed by atoms with Crippen LogP contribution in [0.15, 0.2) is 0 Å². The zero-order valence-electron chi connectivity index (χ0n) is 10.3. The van der Waals surface area contributed by atoms with E-state index < -0.39 is 42.9 Å². The van der Waals surface area contributed by atoms with E-state index >= 15 is 0 Å². The van der Waals surface area contributed by atoms with Crippen LogP contribution in [-0.2, 0) is 4.79 Å². The Balaban J connectivity index is 2.31. The Labute approximate surface area is 107 Å². The summed E-state index contributed by atoms with van der Waals surface area (Å²) in [7, 11) is 0. The average molecular weight is 288 g/mol. The van der Waals surface area contributed by atoms with Crippen LogP contribution in [0, 0.1) is 0 Å². The normalized spacial score (nSPS) is 22.0. The van der Waals surface area contributed by atoms with Gasteiger partial charge in [0.05, 0.1) is 6.04 Å². The monoisotopic (exact) mass is 288 g/mol. The molecule has 112 valence electrons. The minimum Gasteiger partial charge on any atom is -0.352 e. The molecule has 1 aliphatic rings. The topological polar surface area (TPSA) is 55.1 Å². The second-order valence-electron chi connectivity index (χ2n) is 4.90. The molecule has 0 radical (unpaired) electrons. The predicted octanol–water partition coefficient (Wildman–Crippen LogP) is 2.35. The van der Waals surface area contributed by atoms with Crippen LogP contribution in [0.25, 0.3) is 0 Å². The van der Waals surface area contributed by atoms with Crippen molar-refractivity contribution in [2.45, 2.75) is 62.7 Å². The Bertz CT molecular complexity index is 309. The van der Waals surface area contributed by atoms with Crippen molar-refractivity contribution in [2.24, 2.45) is 5.73 Å². The molecule has 1 aliphatic carbocycles. The van der Waals surface area contributed by atoms with E-state index in [1.54, 1.807) is 0 Å². The van der Waals surface area contributed by atoms with Gasteiger partial charge in [-0.05, 0) is 19.3 Å². The highest BCUT2D eigenvalue weighted by molar-refractivity contribution is 5.81. The van der Waals surface area contributed by atoms with Crippen LogP contribution in [0.1, 0.15) is 38.5 Å². The lowest BCUT2D eigenvalue weighted by atomic mass is 9.92. The van der Waals surface area contributed by atoms with Gasteiger partial charge in [0.25, 0.3) is 0 Å². The molecule has 0 spiro atoms. The van der Waals surface area contributed by atoms with Gasteiger partial charge in [0.15, 0.2) is 0 Å². The second-order valence-corrected chi connectivity index (χ2v) is 4.90. The number of carbonyl (C=O) groups excluding carboxylic acids is 1. The average Bonchev–Trinajstić information content (AvgIpc) is 2.27. The molecule has 1 atom stereocenters. The summed E-state index contributed by atoms with van der Waals surface area (Å²) in [4.78, 5) is 11.5. The van der Waals surface area contributed by atoms with Gasteiger partial charge in [-0.3, -0.25) is 4.79 Å². The van der Waals surface area contributed by atoms with Gasteiger partial charge in [0.1, 0.15) is 0 Å². The van der Waals surface area contributed by atoms with Crippen LogP contribution < -0.4 is 11.1 Å². The minimum absolute atomic E-state index is 0.116. The lowest BCUT2D eigenvalue weighted by molar-refractivity contribution is -0.138. The minimum atomic E-state index is -4.36. The third-order valence-electron chi connectivity index (χ3n) is 3.14.